The molecular weight excluding hydrogens is 397 g/mol. The molecule has 10 heteroatoms. The molecule has 0 spiro atoms. The monoisotopic (exact) mass is 418 g/mol. The summed E-state index contributed by atoms with van der Waals surface area (Å²) in [5.41, 5.74) is 1.17. The summed E-state index contributed by atoms with van der Waals surface area (Å²) in [6.07, 6.45) is -2.41. The Kier molecular flexibility index (Phi) is 5.56. The van der Waals surface area contributed by atoms with Gasteiger partial charge in [-0.2, -0.15) is 17.7 Å². The third-order valence-electron chi connectivity index (χ3n) is 5.17. The van der Waals surface area contributed by atoms with Crippen LogP contribution in [-0.2, 0) is 17.4 Å². The molecule has 1 aliphatic rings. The summed E-state index contributed by atoms with van der Waals surface area (Å²) < 4.78 is 40.0. The van der Waals surface area contributed by atoms with Crippen LogP contribution in [0.25, 0.3) is 5.65 Å². The molecule has 1 saturated heterocycles. The fourth-order valence-corrected chi connectivity index (χ4v) is 3.64. The van der Waals surface area contributed by atoms with Crippen molar-refractivity contribution in [3.05, 3.63) is 53.9 Å². The van der Waals surface area contributed by atoms with Crippen LogP contribution in [0.4, 0.5) is 19.0 Å². The minimum Gasteiger partial charge on any atom is -0.355 e. The predicted molar refractivity (Wildman–Crippen MR) is 104 cm³/mol. The highest BCUT2D eigenvalue weighted by atomic mass is 19.4. The zero-order chi connectivity index (χ0) is 21.1. The Labute approximate surface area is 170 Å². The summed E-state index contributed by atoms with van der Waals surface area (Å²) in [5, 5.41) is 13.8. The lowest BCUT2D eigenvalue weighted by atomic mass is 9.97. The van der Waals surface area contributed by atoms with E-state index in [-0.39, 0.29) is 17.5 Å². The predicted octanol–water partition coefficient (Wildman–Crippen LogP) is 2.72. The molecule has 4 rings (SSSR count). The molecule has 1 unspecified atom stereocenters. The first-order chi connectivity index (χ1) is 14.4. The zero-order valence-electron chi connectivity index (χ0n) is 16.1. The van der Waals surface area contributed by atoms with Crippen LogP contribution < -0.4 is 10.2 Å². The number of carbonyl (C=O) groups excluding carboxylic acids is 1. The summed E-state index contributed by atoms with van der Waals surface area (Å²) in [5.74, 6) is -1.08. The topological polar surface area (TPSA) is 75.4 Å². The summed E-state index contributed by atoms with van der Waals surface area (Å²) in [7, 11) is 0. The normalized spacial score (nSPS) is 17.3. The van der Waals surface area contributed by atoms with Gasteiger partial charge in [0.2, 0.25) is 5.91 Å². The standard InChI is InChI=1S/C20H21F3N6O/c21-20(22,23)19-26-25-16-8-9-17(27-29(16)19)28-12-4-7-15(13-28)18(30)24-11-10-14-5-2-1-3-6-14/h1-3,5-6,8-9,15H,4,7,10-13H2,(H,24,30). The maximum absolute atomic E-state index is 13.1. The molecule has 1 amide bonds. The van der Waals surface area contributed by atoms with Crippen LogP contribution in [0.5, 0.6) is 0 Å². The van der Waals surface area contributed by atoms with Gasteiger partial charge in [-0.05, 0) is 37.0 Å². The van der Waals surface area contributed by atoms with Gasteiger partial charge in [0, 0.05) is 19.6 Å². The van der Waals surface area contributed by atoms with Crippen molar-refractivity contribution in [2.75, 3.05) is 24.5 Å². The van der Waals surface area contributed by atoms with E-state index in [2.05, 4.69) is 20.6 Å². The average molecular weight is 418 g/mol. The summed E-state index contributed by atoms with van der Waals surface area (Å²) in [6, 6.07) is 12.9. The number of nitrogens with one attached hydrogen (secondary N) is 1. The van der Waals surface area contributed by atoms with Crippen molar-refractivity contribution in [2.45, 2.75) is 25.4 Å². The first kappa shape index (κ1) is 20.1. The minimum atomic E-state index is -4.64. The van der Waals surface area contributed by atoms with Gasteiger partial charge in [-0.15, -0.1) is 15.3 Å². The number of hydrogen-bond acceptors (Lipinski definition) is 5. The van der Waals surface area contributed by atoms with Gasteiger partial charge in [-0.1, -0.05) is 30.3 Å². The number of alkyl halides is 3. The van der Waals surface area contributed by atoms with E-state index in [4.69, 9.17) is 0 Å². The fourth-order valence-electron chi connectivity index (χ4n) is 3.64. The number of piperidine rings is 1. The lowest BCUT2D eigenvalue weighted by Crippen LogP contribution is -2.44. The largest absolute Gasteiger partial charge is 0.453 e. The number of benzene rings is 1. The first-order valence-corrected chi connectivity index (χ1v) is 9.78. The van der Waals surface area contributed by atoms with Gasteiger partial charge < -0.3 is 10.2 Å². The van der Waals surface area contributed by atoms with Gasteiger partial charge in [0.05, 0.1) is 5.92 Å². The van der Waals surface area contributed by atoms with Crippen LogP contribution in [0.15, 0.2) is 42.5 Å². The summed E-state index contributed by atoms with van der Waals surface area (Å²) in [6.45, 7) is 1.56. The number of rotatable bonds is 5. The molecule has 0 saturated carbocycles. The van der Waals surface area contributed by atoms with Crippen molar-refractivity contribution < 1.29 is 18.0 Å². The fraction of sp³-hybridized carbons (Fsp3) is 0.400. The highest BCUT2D eigenvalue weighted by Crippen LogP contribution is 2.28. The average Bonchev–Trinajstić information content (AvgIpc) is 3.18. The SMILES string of the molecule is O=C(NCCc1ccccc1)C1CCCN(c2ccc3nnc(C(F)(F)F)n3n2)C1. The molecule has 1 N–H and O–H groups in total. The van der Waals surface area contributed by atoms with Crippen LogP contribution in [0.2, 0.25) is 0 Å². The Hall–Kier alpha value is -3.17. The van der Waals surface area contributed by atoms with Crippen LogP contribution in [-0.4, -0.2) is 45.4 Å². The number of anilines is 1. The lowest BCUT2D eigenvalue weighted by Gasteiger charge is -2.32. The van der Waals surface area contributed by atoms with E-state index >= 15 is 0 Å². The van der Waals surface area contributed by atoms with Gasteiger partial charge in [0.25, 0.3) is 5.82 Å². The Morgan fingerprint density at radius 1 is 1.13 bits per heavy atom. The molecule has 1 aromatic carbocycles. The molecule has 158 valence electrons. The molecule has 0 aliphatic carbocycles. The van der Waals surface area contributed by atoms with Crippen molar-refractivity contribution in [1.82, 2.24) is 25.1 Å². The van der Waals surface area contributed by atoms with E-state index < -0.39 is 12.0 Å². The minimum absolute atomic E-state index is 0.0262. The molecular formula is C20H21F3N6O. The number of hydrogen-bond donors (Lipinski definition) is 1. The van der Waals surface area contributed by atoms with Gasteiger partial charge >= 0.3 is 6.18 Å². The number of aromatic nitrogens is 4. The van der Waals surface area contributed by atoms with Crippen molar-refractivity contribution in [3.63, 3.8) is 0 Å². The maximum atomic E-state index is 13.1. The number of fused-ring (bicyclic) bond motifs is 1. The molecule has 7 nitrogen and oxygen atoms in total. The van der Waals surface area contributed by atoms with Crippen molar-refractivity contribution in [2.24, 2.45) is 5.92 Å². The van der Waals surface area contributed by atoms with Crippen LogP contribution in [0.3, 0.4) is 0 Å². The van der Waals surface area contributed by atoms with Crippen LogP contribution >= 0.6 is 0 Å². The zero-order valence-corrected chi connectivity index (χ0v) is 16.1. The molecule has 30 heavy (non-hydrogen) atoms. The van der Waals surface area contributed by atoms with E-state index in [9.17, 15) is 18.0 Å². The first-order valence-electron chi connectivity index (χ1n) is 9.78. The molecule has 1 aliphatic heterocycles. The van der Waals surface area contributed by atoms with E-state index in [1.54, 1.807) is 6.07 Å². The number of carbonyl (C=O) groups is 1. The lowest BCUT2D eigenvalue weighted by molar-refractivity contribution is -0.146. The molecule has 0 radical (unpaired) electrons. The number of nitrogens with zero attached hydrogens (tertiary/aromatic N) is 5. The second-order valence-corrected chi connectivity index (χ2v) is 7.29. The molecule has 3 heterocycles. The van der Waals surface area contributed by atoms with E-state index in [1.165, 1.54) is 6.07 Å². The smallest absolute Gasteiger partial charge is 0.355 e. The Morgan fingerprint density at radius 2 is 1.93 bits per heavy atom. The Morgan fingerprint density at radius 3 is 2.70 bits per heavy atom. The maximum Gasteiger partial charge on any atom is 0.453 e. The van der Waals surface area contributed by atoms with Crippen molar-refractivity contribution in [1.29, 1.82) is 0 Å². The number of halogens is 3. The third-order valence-corrected chi connectivity index (χ3v) is 5.17. The molecule has 0 bridgehead atoms. The molecule has 1 atom stereocenters. The molecule has 1 fully saturated rings. The van der Waals surface area contributed by atoms with E-state index in [1.807, 2.05) is 35.2 Å². The van der Waals surface area contributed by atoms with Gasteiger partial charge in [-0.3, -0.25) is 4.79 Å². The van der Waals surface area contributed by atoms with E-state index in [0.717, 1.165) is 24.8 Å². The summed E-state index contributed by atoms with van der Waals surface area (Å²) >= 11 is 0. The van der Waals surface area contributed by atoms with Crippen LogP contribution in [0.1, 0.15) is 24.2 Å². The van der Waals surface area contributed by atoms with Crippen LogP contribution in [0, 0.1) is 5.92 Å². The van der Waals surface area contributed by atoms with Crippen molar-refractivity contribution in [3.8, 4) is 0 Å². The Balaban J connectivity index is 1.41. The second-order valence-electron chi connectivity index (χ2n) is 7.29. The quantitative estimate of drug-likeness (QED) is 0.690. The van der Waals surface area contributed by atoms with E-state index in [0.29, 0.717) is 30.0 Å². The molecule has 3 aromatic rings. The second kappa shape index (κ2) is 8.29. The highest BCUT2D eigenvalue weighted by Gasteiger charge is 2.38. The van der Waals surface area contributed by atoms with Crippen molar-refractivity contribution >= 4 is 17.4 Å². The van der Waals surface area contributed by atoms with Gasteiger partial charge in [0.1, 0.15) is 5.82 Å². The Bertz CT molecular complexity index is 1020. The highest BCUT2D eigenvalue weighted by molar-refractivity contribution is 5.79. The van der Waals surface area contributed by atoms with Gasteiger partial charge in [-0.25, -0.2) is 0 Å². The third kappa shape index (κ3) is 4.37. The molecule has 2 aromatic heterocycles. The number of amides is 1. The van der Waals surface area contributed by atoms with Gasteiger partial charge in [0.15, 0.2) is 5.65 Å². The summed E-state index contributed by atoms with van der Waals surface area (Å²) in [4.78, 5) is 14.4.